The number of amides is 1. The third-order valence-electron chi connectivity index (χ3n) is 4.75. The molecule has 2 aromatic carbocycles. The summed E-state index contributed by atoms with van der Waals surface area (Å²) in [4.78, 5) is 16.7. The summed E-state index contributed by atoms with van der Waals surface area (Å²) in [5.41, 5.74) is 3.18. The Hall–Kier alpha value is -2.37. The molecule has 0 bridgehead atoms. The summed E-state index contributed by atoms with van der Waals surface area (Å²) in [5, 5.41) is 8.99. The van der Waals surface area contributed by atoms with E-state index in [1.165, 1.54) is 5.56 Å². The second kappa shape index (κ2) is 8.34. The number of hydrogen-bond donors (Lipinski definition) is 1. The number of nitrogens with zero attached hydrogens (tertiary/aromatic N) is 2. The number of anilines is 1. The van der Waals surface area contributed by atoms with E-state index < -0.39 is 0 Å². The molecule has 1 N–H and O–H groups in total. The van der Waals surface area contributed by atoms with Gasteiger partial charge in [-0.15, -0.1) is 0 Å². The Labute approximate surface area is 154 Å². The first kappa shape index (κ1) is 18.4. The molecule has 0 radical (unpaired) electrons. The Bertz CT molecular complexity index is 745. The molecule has 5 heteroatoms. The zero-order valence-electron chi connectivity index (χ0n) is 15.4. The van der Waals surface area contributed by atoms with E-state index in [9.17, 15) is 4.79 Å². The number of carbonyl (C=O) groups excluding carboxylic acids is 1. The van der Waals surface area contributed by atoms with Crippen LogP contribution < -0.4 is 9.64 Å². The van der Waals surface area contributed by atoms with Crippen molar-refractivity contribution in [1.82, 2.24) is 4.90 Å². The Morgan fingerprint density at radius 1 is 1.15 bits per heavy atom. The van der Waals surface area contributed by atoms with Crippen molar-refractivity contribution in [3.63, 3.8) is 0 Å². The van der Waals surface area contributed by atoms with E-state index in [0.717, 1.165) is 17.0 Å². The molecule has 0 spiro atoms. The quantitative estimate of drug-likeness (QED) is 0.866. The van der Waals surface area contributed by atoms with Gasteiger partial charge < -0.3 is 14.7 Å². The number of para-hydroxylation sites is 1. The van der Waals surface area contributed by atoms with E-state index >= 15 is 0 Å². The zero-order valence-corrected chi connectivity index (χ0v) is 15.4. The van der Waals surface area contributed by atoms with Crippen LogP contribution in [0.1, 0.15) is 18.1 Å². The molecule has 0 aromatic heterocycles. The average Bonchev–Trinajstić information content (AvgIpc) is 2.64. The SMILES string of the molecule is Cc1ccc(N2CC(C)N(Cc3ccccc3OCCO)CC2=O)cc1. The fourth-order valence-electron chi connectivity index (χ4n) is 3.23. The number of hydrogen-bond acceptors (Lipinski definition) is 4. The first-order chi connectivity index (χ1) is 12.6. The highest BCUT2D eigenvalue weighted by atomic mass is 16.5. The third kappa shape index (κ3) is 4.23. The molecule has 1 unspecified atom stereocenters. The molecule has 2 aromatic rings. The number of aryl methyl sites for hydroxylation is 1. The molecule has 138 valence electrons. The molecule has 0 aliphatic carbocycles. The van der Waals surface area contributed by atoms with Gasteiger partial charge in [0.05, 0.1) is 13.2 Å². The lowest BCUT2D eigenvalue weighted by atomic mass is 10.1. The highest BCUT2D eigenvalue weighted by Crippen LogP contribution is 2.25. The molecule has 26 heavy (non-hydrogen) atoms. The van der Waals surface area contributed by atoms with E-state index in [-0.39, 0.29) is 25.2 Å². The lowest BCUT2D eigenvalue weighted by Crippen LogP contribution is -2.54. The Morgan fingerprint density at radius 2 is 1.88 bits per heavy atom. The van der Waals surface area contributed by atoms with Crippen LogP contribution in [0, 0.1) is 6.92 Å². The van der Waals surface area contributed by atoms with Gasteiger partial charge in [-0.2, -0.15) is 0 Å². The summed E-state index contributed by atoms with van der Waals surface area (Å²) >= 11 is 0. The van der Waals surface area contributed by atoms with Crippen molar-refractivity contribution in [1.29, 1.82) is 0 Å². The summed E-state index contributed by atoms with van der Waals surface area (Å²) < 4.78 is 5.62. The van der Waals surface area contributed by atoms with Crippen LogP contribution in [0.3, 0.4) is 0 Å². The van der Waals surface area contributed by atoms with Crippen LogP contribution >= 0.6 is 0 Å². The minimum absolute atomic E-state index is 0.0154. The van der Waals surface area contributed by atoms with Gasteiger partial charge in [0.1, 0.15) is 12.4 Å². The monoisotopic (exact) mass is 354 g/mol. The summed E-state index contributed by atoms with van der Waals surface area (Å²) in [6.45, 7) is 6.14. The second-order valence-electron chi connectivity index (χ2n) is 6.77. The normalized spacial score (nSPS) is 18.2. The van der Waals surface area contributed by atoms with Crippen molar-refractivity contribution < 1.29 is 14.6 Å². The molecule has 5 nitrogen and oxygen atoms in total. The van der Waals surface area contributed by atoms with Gasteiger partial charge >= 0.3 is 0 Å². The van der Waals surface area contributed by atoms with Crippen LogP contribution in [-0.4, -0.2) is 48.3 Å². The number of ether oxygens (including phenoxy) is 1. The standard InChI is InChI=1S/C21H26N2O3/c1-16-7-9-19(10-8-16)23-13-17(2)22(15-21(23)25)14-18-5-3-4-6-20(18)26-12-11-24/h3-10,17,24H,11-15H2,1-2H3. The van der Waals surface area contributed by atoms with Crippen molar-refractivity contribution in [2.24, 2.45) is 0 Å². The van der Waals surface area contributed by atoms with Crippen LogP contribution in [0.25, 0.3) is 0 Å². The average molecular weight is 354 g/mol. The lowest BCUT2D eigenvalue weighted by molar-refractivity contribution is -0.122. The highest BCUT2D eigenvalue weighted by molar-refractivity contribution is 5.95. The fraction of sp³-hybridized carbons (Fsp3) is 0.381. The maximum absolute atomic E-state index is 12.7. The van der Waals surface area contributed by atoms with Gasteiger partial charge in [0, 0.05) is 30.4 Å². The fourth-order valence-corrected chi connectivity index (χ4v) is 3.23. The molecule has 1 aliphatic rings. The Morgan fingerprint density at radius 3 is 2.62 bits per heavy atom. The number of benzene rings is 2. The van der Waals surface area contributed by atoms with E-state index in [0.29, 0.717) is 19.6 Å². The van der Waals surface area contributed by atoms with Crippen LogP contribution in [0.5, 0.6) is 5.75 Å². The summed E-state index contributed by atoms with van der Waals surface area (Å²) in [6, 6.07) is 16.1. The maximum Gasteiger partial charge on any atom is 0.241 e. The van der Waals surface area contributed by atoms with Crippen LogP contribution in [0.2, 0.25) is 0 Å². The van der Waals surface area contributed by atoms with E-state index in [2.05, 4.69) is 11.8 Å². The van der Waals surface area contributed by atoms with Gasteiger partial charge in [-0.25, -0.2) is 0 Å². The zero-order chi connectivity index (χ0) is 18.5. The molecule has 1 fully saturated rings. The predicted octanol–water partition coefficient (Wildman–Crippen LogP) is 2.60. The van der Waals surface area contributed by atoms with Crippen LogP contribution in [0.15, 0.2) is 48.5 Å². The Balaban J connectivity index is 1.70. The highest BCUT2D eigenvalue weighted by Gasteiger charge is 2.30. The van der Waals surface area contributed by atoms with Gasteiger partial charge in [0.25, 0.3) is 0 Å². The van der Waals surface area contributed by atoms with Crippen molar-refractivity contribution in [2.75, 3.05) is 31.2 Å². The van der Waals surface area contributed by atoms with Crippen molar-refractivity contribution in [3.8, 4) is 5.75 Å². The van der Waals surface area contributed by atoms with Gasteiger partial charge in [0.15, 0.2) is 0 Å². The van der Waals surface area contributed by atoms with Gasteiger partial charge in [-0.05, 0) is 32.0 Å². The molecule has 1 heterocycles. The second-order valence-corrected chi connectivity index (χ2v) is 6.77. The molecule has 1 atom stereocenters. The van der Waals surface area contributed by atoms with E-state index in [1.54, 1.807) is 0 Å². The summed E-state index contributed by atoms with van der Waals surface area (Å²) in [7, 11) is 0. The predicted molar refractivity (Wildman–Crippen MR) is 102 cm³/mol. The molecule has 0 saturated carbocycles. The first-order valence-corrected chi connectivity index (χ1v) is 9.01. The van der Waals surface area contributed by atoms with Crippen LogP contribution in [0.4, 0.5) is 5.69 Å². The number of aliphatic hydroxyl groups excluding tert-OH is 1. The van der Waals surface area contributed by atoms with Crippen molar-refractivity contribution in [3.05, 3.63) is 59.7 Å². The van der Waals surface area contributed by atoms with Crippen molar-refractivity contribution in [2.45, 2.75) is 26.4 Å². The lowest BCUT2D eigenvalue weighted by Gasteiger charge is -2.39. The molecular weight excluding hydrogens is 328 g/mol. The number of carbonyl (C=O) groups is 1. The number of rotatable bonds is 6. The minimum atomic E-state index is -0.0154. The number of aliphatic hydroxyl groups is 1. The van der Waals surface area contributed by atoms with E-state index in [1.807, 2.05) is 60.4 Å². The Kier molecular flexibility index (Phi) is 5.91. The molecule has 1 saturated heterocycles. The summed E-state index contributed by atoms with van der Waals surface area (Å²) in [6.07, 6.45) is 0. The smallest absolute Gasteiger partial charge is 0.241 e. The largest absolute Gasteiger partial charge is 0.491 e. The molecular formula is C21H26N2O3. The first-order valence-electron chi connectivity index (χ1n) is 9.01. The topological polar surface area (TPSA) is 53.0 Å². The molecule has 1 amide bonds. The van der Waals surface area contributed by atoms with Gasteiger partial charge in [0.2, 0.25) is 5.91 Å². The molecule has 1 aliphatic heterocycles. The van der Waals surface area contributed by atoms with Gasteiger partial charge in [-0.3, -0.25) is 9.69 Å². The van der Waals surface area contributed by atoms with Crippen molar-refractivity contribution >= 4 is 11.6 Å². The molecule has 3 rings (SSSR count). The minimum Gasteiger partial charge on any atom is -0.491 e. The number of piperazine rings is 1. The summed E-state index contributed by atoms with van der Waals surface area (Å²) in [5.74, 6) is 0.878. The van der Waals surface area contributed by atoms with E-state index in [4.69, 9.17) is 9.84 Å². The van der Waals surface area contributed by atoms with Gasteiger partial charge in [-0.1, -0.05) is 35.9 Å². The maximum atomic E-state index is 12.7. The third-order valence-corrected chi connectivity index (χ3v) is 4.75. The van der Waals surface area contributed by atoms with Crippen LogP contribution in [-0.2, 0) is 11.3 Å².